The van der Waals surface area contributed by atoms with Gasteiger partial charge < -0.3 is 4.40 Å². The number of aromatic nitrogens is 3. The van der Waals surface area contributed by atoms with Crippen LogP contribution in [0.15, 0.2) is 30.6 Å². The molecule has 4 heteroatoms. The highest BCUT2D eigenvalue weighted by molar-refractivity contribution is 6.33. The summed E-state index contributed by atoms with van der Waals surface area (Å²) in [6.45, 7) is 2.01. The van der Waals surface area contributed by atoms with E-state index < -0.39 is 0 Å². The Bertz CT molecular complexity index is 657. The molecule has 0 radical (unpaired) electrons. The second kappa shape index (κ2) is 2.94. The van der Waals surface area contributed by atoms with Gasteiger partial charge in [-0.2, -0.15) is 0 Å². The third-order valence-electron chi connectivity index (χ3n) is 2.41. The summed E-state index contributed by atoms with van der Waals surface area (Å²) in [4.78, 5) is 8.51. The van der Waals surface area contributed by atoms with Crippen LogP contribution in [-0.4, -0.2) is 14.4 Å². The standard InChI is InChI=1S/C11H8ClN3/c1-7-5-9-11(13-6-7)14-10(12)8-3-2-4-15(8)9/h2-6H,1H3. The lowest BCUT2D eigenvalue weighted by Gasteiger charge is -2.03. The summed E-state index contributed by atoms with van der Waals surface area (Å²) in [7, 11) is 0. The molecule has 0 spiro atoms. The Morgan fingerprint density at radius 3 is 3.07 bits per heavy atom. The minimum Gasteiger partial charge on any atom is -0.311 e. The average Bonchev–Trinajstić information content (AvgIpc) is 2.69. The molecule has 0 aliphatic carbocycles. The van der Waals surface area contributed by atoms with Crippen LogP contribution in [0.1, 0.15) is 5.56 Å². The maximum absolute atomic E-state index is 6.05. The van der Waals surface area contributed by atoms with Crippen LogP contribution in [-0.2, 0) is 0 Å². The molecule has 0 saturated heterocycles. The van der Waals surface area contributed by atoms with Crippen molar-refractivity contribution in [3.8, 4) is 0 Å². The van der Waals surface area contributed by atoms with Crippen LogP contribution in [0.3, 0.4) is 0 Å². The zero-order valence-corrected chi connectivity index (χ0v) is 8.86. The molecule has 3 aromatic rings. The second-order valence-corrected chi connectivity index (χ2v) is 3.88. The molecule has 3 aromatic heterocycles. The number of nitrogens with zero attached hydrogens (tertiary/aromatic N) is 3. The quantitative estimate of drug-likeness (QED) is 0.580. The molecule has 0 fully saturated rings. The van der Waals surface area contributed by atoms with E-state index in [1.165, 1.54) is 0 Å². The maximum Gasteiger partial charge on any atom is 0.178 e. The van der Waals surface area contributed by atoms with Gasteiger partial charge in [-0.25, -0.2) is 9.97 Å². The van der Waals surface area contributed by atoms with Crippen molar-refractivity contribution in [1.29, 1.82) is 0 Å². The number of hydrogen-bond donors (Lipinski definition) is 0. The average molecular weight is 218 g/mol. The molecule has 0 aromatic carbocycles. The molecular formula is C11H8ClN3. The van der Waals surface area contributed by atoms with Crippen LogP contribution in [0.25, 0.3) is 16.7 Å². The van der Waals surface area contributed by atoms with E-state index in [9.17, 15) is 0 Å². The summed E-state index contributed by atoms with van der Waals surface area (Å²) in [5.74, 6) is 0. The normalized spacial score (nSPS) is 11.3. The van der Waals surface area contributed by atoms with Crippen molar-refractivity contribution in [2.24, 2.45) is 0 Å². The highest BCUT2D eigenvalue weighted by Gasteiger charge is 2.06. The molecular weight excluding hydrogens is 210 g/mol. The van der Waals surface area contributed by atoms with Gasteiger partial charge in [0.25, 0.3) is 0 Å². The van der Waals surface area contributed by atoms with Crippen LogP contribution in [0.4, 0.5) is 0 Å². The van der Waals surface area contributed by atoms with Crippen LogP contribution in [0.2, 0.25) is 5.15 Å². The molecule has 0 aliphatic rings. The Hall–Kier alpha value is -1.61. The number of hydrogen-bond acceptors (Lipinski definition) is 2. The van der Waals surface area contributed by atoms with Crippen molar-refractivity contribution in [3.63, 3.8) is 0 Å². The van der Waals surface area contributed by atoms with E-state index in [-0.39, 0.29) is 0 Å². The van der Waals surface area contributed by atoms with E-state index in [4.69, 9.17) is 11.6 Å². The fourth-order valence-corrected chi connectivity index (χ4v) is 1.95. The van der Waals surface area contributed by atoms with Gasteiger partial charge in [0.1, 0.15) is 0 Å². The van der Waals surface area contributed by atoms with Crippen molar-refractivity contribution in [1.82, 2.24) is 14.4 Å². The number of halogens is 1. The Kier molecular flexibility index (Phi) is 1.70. The highest BCUT2D eigenvalue weighted by atomic mass is 35.5. The van der Waals surface area contributed by atoms with E-state index in [1.807, 2.05) is 29.7 Å². The summed E-state index contributed by atoms with van der Waals surface area (Å²) in [5, 5.41) is 0.490. The SMILES string of the molecule is Cc1cnc2nc(Cl)c3cccn3c2c1. The molecule has 3 nitrogen and oxygen atoms in total. The molecule has 0 bridgehead atoms. The van der Waals surface area contributed by atoms with Gasteiger partial charge in [-0.3, -0.25) is 0 Å². The summed E-state index contributed by atoms with van der Waals surface area (Å²) in [5.41, 5.74) is 3.69. The van der Waals surface area contributed by atoms with E-state index in [0.29, 0.717) is 10.8 Å². The first-order valence-corrected chi connectivity index (χ1v) is 5.02. The summed E-state index contributed by atoms with van der Waals surface area (Å²) >= 11 is 6.05. The van der Waals surface area contributed by atoms with Gasteiger partial charge >= 0.3 is 0 Å². The lowest BCUT2D eigenvalue weighted by molar-refractivity contribution is 1.17. The molecule has 0 atom stereocenters. The summed E-state index contributed by atoms with van der Waals surface area (Å²) < 4.78 is 2.00. The van der Waals surface area contributed by atoms with Crippen LogP contribution < -0.4 is 0 Å². The van der Waals surface area contributed by atoms with Gasteiger partial charge in [0.05, 0.1) is 11.0 Å². The molecule has 74 valence electrons. The van der Waals surface area contributed by atoms with Gasteiger partial charge in [-0.1, -0.05) is 11.6 Å². The number of rotatable bonds is 0. The minimum atomic E-state index is 0.490. The van der Waals surface area contributed by atoms with Crippen LogP contribution >= 0.6 is 11.6 Å². The number of pyridine rings is 1. The first kappa shape index (κ1) is 8.68. The maximum atomic E-state index is 6.05. The van der Waals surface area contributed by atoms with Gasteiger partial charge in [0, 0.05) is 12.4 Å². The number of aryl methyl sites for hydroxylation is 1. The van der Waals surface area contributed by atoms with Crippen LogP contribution in [0, 0.1) is 6.92 Å². The van der Waals surface area contributed by atoms with E-state index in [1.54, 1.807) is 6.20 Å². The van der Waals surface area contributed by atoms with Crippen molar-refractivity contribution in [2.75, 3.05) is 0 Å². The van der Waals surface area contributed by atoms with Crippen molar-refractivity contribution in [2.45, 2.75) is 6.92 Å². The Morgan fingerprint density at radius 1 is 1.33 bits per heavy atom. The Balaban J connectivity index is 2.61. The lowest BCUT2D eigenvalue weighted by atomic mass is 10.3. The molecule has 0 amide bonds. The third-order valence-corrected chi connectivity index (χ3v) is 2.69. The van der Waals surface area contributed by atoms with E-state index in [2.05, 4.69) is 16.0 Å². The van der Waals surface area contributed by atoms with Crippen molar-refractivity contribution < 1.29 is 0 Å². The Morgan fingerprint density at radius 2 is 2.20 bits per heavy atom. The predicted octanol–water partition coefficient (Wildman–Crippen LogP) is 2.84. The largest absolute Gasteiger partial charge is 0.311 e. The first-order valence-electron chi connectivity index (χ1n) is 4.64. The fourth-order valence-electron chi connectivity index (χ4n) is 1.72. The highest BCUT2D eigenvalue weighted by Crippen LogP contribution is 2.21. The zero-order chi connectivity index (χ0) is 10.4. The molecule has 15 heavy (non-hydrogen) atoms. The smallest absolute Gasteiger partial charge is 0.178 e. The first-order chi connectivity index (χ1) is 7.25. The van der Waals surface area contributed by atoms with Gasteiger partial charge in [-0.05, 0) is 30.7 Å². The molecule has 0 aliphatic heterocycles. The molecule has 3 heterocycles. The number of fused-ring (bicyclic) bond motifs is 3. The zero-order valence-electron chi connectivity index (χ0n) is 8.11. The molecule has 0 unspecified atom stereocenters. The van der Waals surface area contributed by atoms with Crippen molar-refractivity contribution in [3.05, 3.63) is 41.3 Å². The molecule has 3 rings (SSSR count). The van der Waals surface area contributed by atoms with Gasteiger partial charge in [-0.15, -0.1) is 0 Å². The second-order valence-electron chi connectivity index (χ2n) is 3.52. The third kappa shape index (κ3) is 1.20. The molecule has 0 N–H and O–H groups in total. The van der Waals surface area contributed by atoms with Crippen molar-refractivity contribution >= 4 is 28.3 Å². The predicted molar refractivity (Wildman–Crippen MR) is 60.2 cm³/mol. The summed E-state index contributed by atoms with van der Waals surface area (Å²) in [6, 6.07) is 5.94. The topological polar surface area (TPSA) is 30.2 Å². The van der Waals surface area contributed by atoms with E-state index in [0.717, 1.165) is 16.6 Å². The minimum absolute atomic E-state index is 0.490. The summed E-state index contributed by atoms with van der Waals surface area (Å²) in [6.07, 6.45) is 3.76. The van der Waals surface area contributed by atoms with Crippen LogP contribution in [0.5, 0.6) is 0 Å². The Labute approximate surface area is 91.3 Å². The lowest BCUT2D eigenvalue weighted by Crippen LogP contribution is -1.94. The molecule has 0 saturated carbocycles. The fraction of sp³-hybridized carbons (Fsp3) is 0.0909. The monoisotopic (exact) mass is 217 g/mol. The van der Waals surface area contributed by atoms with Gasteiger partial charge in [0.2, 0.25) is 0 Å². The van der Waals surface area contributed by atoms with Gasteiger partial charge in [0.15, 0.2) is 10.8 Å². The van der Waals surface area contributed by atoms with E-state index >= 15 is 0 Å².